The number of carbonyl (C=O) groups excluding carboxylic acids is 2. The van der Waals surface area contributed by atoms with Crippen molar-refractivity contribution >= 4 is 23.4 Å². The summed E-state index contributed by atoms with van der Waals surface area (Å²) in [5.41, 5.74) is 4.23. The molecule has 0 bridgehead atoms. The minimum absolute atomic E-state index is 0.0129. The molecule has 1 unspecified atom stereocenters. The van der Waals surface area contributed by atoms with Crippen molar-refractivity contribution in [3.63, 3.8) is 0 Å². The quantitative estimate of drug-likeness (QED) is 0.830. The molecule has 0 spiro atoms. The topological polar surface area (TPSA) is 67.4 Å². The van der Waals surface area contributed by atoms with Gasteiger partial charge in [0.2, 0.25) is 0 Å². The van der Waals surface area contributed by atoms with Crippen molar-refractivity contribution in [2.24, 2.45) is 0 Å². The van der Waals surface area contributed by atoms with Crippen LogP contribution in [0.2, 0.25) is 5.02 Å². The van der Waals surface area contributed by atoms with Crippen LogP contribution in [-0.2, 0) is 4.79 Å². The maximum atomic E-state index is 13.5. The van der Waals surface area contributed by atoms with Gasteiger partial charge in [-0.15, -0.1) is 0 Å². The summed E-state index contributed by atoms with van der Waals surface area (Å²) in [7, 11) is 0. The number of hydrogen-bond acceptors (Lipinski definition) is 3. The lowest BCUT2D eigenvalue weighted by atomic mass is 10.2. The second-order valence-electron chi connectivity index (χ2n) is 4.76. The normalized spacial score (nSPS) is 11.5. The van der Waals surface area contributed by atoms with Crippen LogP contribution in [0.5, 0.6) is 5.75 Å². The van der Waals surface area contributed by atoms with E-state index in [4.69, 9.17) is 16.3 Å². The van der Waals surface area contributed by atoms with Gasteiger partial charge in [-0.2, -0.15) is 0 Å². The summed E-state index contributed by atoms with van der Waals surface area (Å²) < 4.78 is 31.6. The lowest BCUT2D eigenvalue weighted by Crippen LogP contribution is -2.47. The van der Waals surface area contributed by atoms with Crippen LogP contribution in [0.25, 0.3) is 0 Å². The van der Waals surface area contributed by atoms with Crippen LogP contribution in [0.4, 0.5) is 8.78 Å². The Morgan fingerprint density at radius 2 is 1.83 bits per heavy atom. The Morgan fingerprint density at radius 1 is 1.12 bits per heavy atom. The highest BCUT2D eigenvalue weighted by atomic mass is 35.5. The molecular formula is C16H13ClF2N2O3. The Kier molecular flexibility index (Phi) is 5.70. The van der Waals surface area contributed by atoms with Gasteiger partial charge >= 0.3 is 0 Å². The molecule has 2 N–H and O–H groups in total. The van der Waals surface area contributed by atoms with E-state index in [1.165, 1.54) is 31.2 Å². The van der Waals surface area contributed by atoms with Crippen LogP contribution in [0, 0.1) is 11.6 Å². The fourth-order valence-corrected chi connectivity index (χ4v) is 2.00. The third-order valence-electron chi connectivity index (χ3n) is 2.98. The largest absolute Gasteiger partial charge is 0.478 e. The summed E-state index contributed by atoms with van der Waals surface area (Å²) in [5.74, 6) is -2.73. The summed E-state index contributed by atoms with van der Waals surface area (Å²) in [6.07, 6.45) is -1.06. The minimum Gasteiger partial charge on any atom is -0.478 e. The van der Waals surface area contributed by atoms with Crippen molar-refractivity contribution in [1.82, 2.24) is 10.9 Å². The van der Waals surface area contributed by atoms with Gasteiger partial charge in [-0.05, 0) is 37.3 Å². The summed E-state index contributed by atoms with van der Waals surface area (Å²) in [6, 6.07) is 8.82. The van der Waals surface area contributed by atoms with Crippen molar-refractivity contribution in [2.45, 2.75) is 13.0 Å². The van der Waals surface area contributed by atoms with Crippen LogP contribution < -0.4 is 15.6 Å². The Labute approximate surface area is 141 Å². The molecule has 2 amide bonds. The van der Waals surface area contributed by atoms with E-state index >= 15 is 0 Å². The van der Waals surface area contributed by atoms with Crippen molar-refractivity contribution in [1.29, 1.82) is 0 Å². The standard InChI is InChI=1S/C16H13ClF2N2O3/c1-9(24-14-5-3-2-4-13(14)19)15(22)20-21-16(23)11-7-6-10(18)8-12(11)17/h2-9H,1H3,(H,20,22)(H,21,23). The Morgan fingerprint density at radius 3 is 2.50 bits per heavy atom. The molecule has 2 rings (SSSR count). The summed E-state index contributed by atoms with van der Waals surface area (Å²) in [4.78, 5) is 23.7. The predicted molar refractivity (Wildman–Crippen MR) is 83.5 cm³/mol. The number of ether oxygens (including phenoxy) is 1. The first-order valence-electron chi connectivity index (χ1n) is 6.85. The fourth-order valence-electron chi connectivity index (χ4n) is 1.75. The maximum absolute atomic E-state index is 13.5. The highest BCUT2D eigenvalue weighted by molar-refractivity contribution is 6.33. The van der Waals surface area contributed by atoms with E-state index in [1.807, 2.05) is 0 Å². The molecule has 0 aliphatic rings. The Bertz CT molecular complexity index is 771. The molecule has 0 aliphatic carbocycles. The van der Waals surface area contributed by atoms with E-state index in [0.717, 1.165) is 12.1 Å². The highest BCUT2D eigenvalue weighted by Gasteiger charge is 2.18. The minimum atomic E-state index is -1.06. The van der Waals surface area contributed by atoms with E-state index in [1.54, 1.807) is 6.07 Å². The van der Waals surface area contributed by atoms with Gasteiger partial charge in [0.15, 0.2) is 17.7 Å². The average Bonchev–Trinajstić information content (AvgIpc) is 2.54. The molecule has 24 heavy (non-hydrogen) atoms. The maximum Gasteiger partial charge on any atom is 0.279 e. The second-order valence-corrected chi connectivity index (χ2v) is 5.17. The molecule has 1 atom stereocenters. The lowest BCUT2D eigenvalue weighted by molar-refractivity contribution is -0.128. The zero-order chi connectivity index (χ0) is 17.7. The molecule has 0 heterocycles. The smallest absolute Gasteiger partial charge is 0.279 e. The van der Waals surface area contributed by atoms with E-state index in [9.17, 15) is 18.4 Å². The molecule has 8 heteroatoms. The van der Waals surface area contributed by atoms with Gasteiger partial charge in [-0.3, -0.25) is 20.4 Å². The lowest BCUT2D eigenvalue weighted by Gasteiger charge is -2.15. The van der Waals surface area contributed by atoms with Gasteiger partial charge in [0.05, 0.1) is 10.6 Å². The molecule has 2 aromatic rings. The zero-order valence-electron chi connectivity index (χ0n) is 12.5. The molecule has 0 aromatic heterocycles. The van der Waals surface area contributed by atoms with Crippen LogP contribution in [-0.4, -0.2) is 17.9 Å². The molecular weight excluding hydrogens is 342 g/mol. The monoisotopic (exact) mass is 354 g/mol. The summed E-state index contributed by atoms with van der Waals surface area (Å²) >= 11 is 5.75. The van der Waals surface area contributed by atoms with Gasteiger partial charge in [0, 0.05) is 0 Å². The second kappa shape index (κ2) is 7.74. The van der Waals surface area contributed by atoms with Crippen LogP contribution in [0.15, 0.2) is 42.5 Å². The number of benzene rings is 2. The third-order valence-corrected chi connectivity index (χ3v) is 3.30. The van der Waals surface area contributed by atoms with Gasteiger partial charge in [0.25, 0.3) is 11.8 Å². The first-order valence-corrected chi connectivity index (χ1v) is 7.22. The number of amides is 2. The van der Waals surface area contributed by atoms with Crippen LogP contribution in [0.1, 0.15) is 17.3 Å². The van der Waals surface area contributed by atoms with Crippen molar-refractivity contribution in [3.05, 3.63) is 64.7 Å². The van der Waals surface area contributed by atoms with E-state index in [0.29, 0.717) is 0 Å². The van der Waals surface area contributed by atoms with Gasteiger partial charge < -0.3 is 4.74 Å². The molecule has 5 nitrogen and oxygen atoms in total. The number of hydrogen-bond donors (Lipinski definition) is 2. The van der Waals surface area contributed by atoms with Gasteiger partial charge in [-0.1, -0.05) is 23.7 Å². The number of nitrogens with one attached hydrogen (secondary N) is 2. The molecule has 0 aliphatic heterocycles. The molecule has 0 radical (unpaired) electrons. The number of halogens is 3. The predicted octanol–water partition coefficient (Wildman–Crippen LogP) is 2.85. The summed E-state index contributed by atoms with van der Waals surface area (Å²) in [6.45, 7) is 1.39. The van der Waals surface area contributed by atoms with Crippen LogP contribution >= 0.6 is 11.6 Å². The van der Waals surface area contributed by atoms with E-state index in [2.05, 4.69) is 10.9 Å². The molecule has 0 fully saturated rings. The number of para-hydroxylation sites is 1. The van der Waals surface area contributed by atoms with Gasteiger partial charge in [-0.25, -0.2) is 8.78 Å². The molecule has 0 saturated heterocycles. The molecule has 0 saturated carbocycles. The fraction of sp³-hybridized carbons (Fsp3) is 0.125. The highest BCUT2D eigenvalue weighted by Crippen LogP contribution is 2.18. The molecule has 126 valence electrons. The van der Waals surface area contributed by atoms with E-state index in [-0.39, 0.29) is 16.3 Å². The van der Waals surface area contributed by atoms with Crippen molar-refractivity contribution < 1.29 is 23.1 Å². The van der Waals surface area contributed by atoms with Crippen molar-refractivity contribution in [3.8, 4) is 5.75 Å². The van der Waals surface area contributed by atoms with Crippen molar-refractivity contribution in [2.75, 3.05) is 0 Å². The number of rotatable bonds is 4. The summed E-state index contributed by atoms with van der Waals surface area (Å²) in [5, 5.41) is -0.0996. The van der Waals surface area contributed by atoms with Crippen LogP contribution in [0.3, 0.4) is 0 Å². The zero-order valence-corrected chi connectivity index (χ0v) is 13.2. The third kappa shape index (κ3) is 4.42. The first-order chi connectivity index (χ1) is 11.4. The number of hydrazine groups is 1. The Hall–Kier alpha value is -2.67. The SMILES string of the molecule is CC(Oc1ccccc1F)C(=O)NNC(=O)c1ccc(F)cc1Cl. The Balaban J connectivity index is 1.92. The van der Waals surface area contributed by atoms with Gasteiger partial charge in [0.1, 0.15) is 5.82 Å². The first kappa shape index (κ1) is 17.7. The molecule has 2 aromatic carbocycles. The average molecular weight is 355 g/mol. The number of carbonyl (C=O) groups is 2. The van der Waals surface area contributed by atoms with E-state index < -0.39 is 29.6 Å².